The number of benzene rings is 1. The zero-order chi connectivity index (χ0) is 13.4. The van der Waals surface area contributed by atoms with Crippen molar-refractivity contribution in [1.29, 1.82) is 0 Å². The van der Waals surface area contributed by atoms with Gasteiger partial charge in [0.2, 0.25) is 0 Å². The standard InChI is InChI=1S/C13H19ClN2S2/c1-18-9-4-2-3-8-16-11-7-5-6-10(14)12(11)13(15)17/h5-7,16H,2-4,8-9H2,1H3,(H2,15,17). The molecule has 0 aliphatic heterocycles. The van der Waals surface area contributed by atoms with E-state index in [1.807, 2.05) is 23.9 Å². The van der Waals surface area contributed by atoms with Crippen LogP contribution in [0.25, 0.3) is 0 Å². The predicted octanol–water partition coefficient (Wildman–Crippen LogP) is 3.92. The predicted molar refractivity (Wildman–Crippen MR) is 88.1 cm³/mol. The van der Waals surface area contributed by atoms with Crippen molar-refractivity contribution in [3.05, 3.63) is 28.8 Å². The third kappa shape index (κ3) is 5.04. The van der Waals surface area contributed by atoms with E-state index in [1.54, 1.807) is 6.07 Å². The lowest BCUT2D eigenvalue weighted by atomic mass is 10.1. The quantitative estimate of drug-likeness (QED) is 0.564. The van der Waals surface area contributed by atoms with Crippen molar-refractivity contribution in [2.45, 2.75) is 19.3 Å². The topological polar surface area (TPSA) is 38.0 Å². The second-order valence-corrected chi connectivity index (χ2v) is 5.84. The molecule has 0 atom stereocenters. The maximum atomic E-state index is 6.10. The summed E-state index contributed by atoms with van der Waals surface area (Å²) >= 11 is 13.0. The van der Waals surface area contributed by atoms with E-state index in [-0.39, 0.29) is 0 Å². The van der Waals surface area contributed by atoms with Gasteiger partial charge in [-0.25, -0.2) is 0 Å². The monoisotopic (exact) mass is 302 g/mol. The number of rotatable bonds is 8. The van der Waals surface area contributed by atoms with Gasteiger partial charge in [0.15, 0.2) is 0 Å². The van der Waals surface area contributed by atoms with E-state index in [4.69, 9.17) is 29.6 Å². The van der Waals surface area contributed by atoms with Gasteiger partial charge in [0.1, 0.15) is 4.99 Å². The first kappa shape index (κ1) is 15.6. The van der Waals surface area contributed by atoms with Crippen LogP contribution in [0.5, 0.6) is 0 Å². The molecule has 18 heavy (non-hydrogen) atoms. The van der Waals surface area contributed by atoms with Crippen LogP contribution in [0.15, 0.2) is 18.2 Å². The molecule has 1 aromatic rings. The van der Waals surface area contributed by atoms with Crippen molar-refractivity contribution in [3.8, 4) is 0 Å². The van der Waals surface area contributed by atoms with Crippen LogP contribution in [0, 0.1) is 0 Å². The van der Waals surface area contributed by atoms with Crippen LogP contribution in [0.2, 0.25) is 5.02 Å². The minimum Gasteiger partial charge on any atom is -0.389 e. The largest absolute Gasteiger partial charge is 0.389 e. The number of anilines is 1. The number of nitrogens with two attached hydrogens (primary N) is 1. The molecule has 0 aliphatic carbocycles. The Labute approximate surface area is 124 Å². The number of hydrogen-bond acceptors (Lipinski definition) is 3. The highest BCUT2D eigenvalue weighted by Gasteiger charge is 2.08. The molecule has 0 radical (unpaired) electrons. The molecule has 0 saturated carbocycles. The molecule has 0 bridgehead atoms. The van der Waals surface area contributed by atoms with Crippen molar-refractivity contribution in [2.24, 2.45) is 5.73 Å². The molecule has 0 aromatic heterocycles. The van der Waals surface area contributed by atoms with E-state index in [0.29, 0.717) is 10.0 Å². The third-order valence-electron chi connectivity index (χ3n) is 2.60. The molecule has 1 aromatic carbocycles. The average molecular weight is 303 g/mol. The lowest BCUT2D eigenvalue weighted by Gasteiger charge is -2.12. The fourth-order valence-corrected chi connectivity index (χ4v) is 2.74. The highest BCUT2D eigenvalue weighted by Crippen LogP contribution is 2.24. The number of halogens is 1. The number of thioether (sulfide) groups is 1. The Hall–Kier alpha value is -0.450. The van der Waals surface area contributed by atoms with Gasteiger partial charge in [-0.2, -0.15) is 11.8 Å². The maximum absolute atomic E-state index is 6.10. The molecular formula is C13H19ClN2S2. The Kier molecular flexibility index (Phi) is 7.47. The Balaban J connectivity index is 2.47. The van der Waals surface area contributed by atoms with Crippen molar-refractivity contribution in [1.82, 2.24) is 0 Å². The van der Waals surface area contributed by atoms with Gasteiger partial charge in [-0.15, -0.1) is 0 Å². The van der Waals surface area contributed by atoms with Gasteiger partial charge >= 0.3 is 0 Å². The molecule has 0 saturated heterocycles. The number of hydrogen-bond donors (Lipinski definition) is 2. The Bertz CT molecular complexity index is 397. The first-order valence-electron chi connectivity index (χ1n) is 5.98. The van der Waals surface area contributed by atoms with Crippen LogP contribution >= 0.6 is 35.6 Å². The van der Waals surface area contributed by atoms with E-state index < -0.39 is 0 Å². The normalized spacial score (nSPS) is 10.3. The number of thiocarbonyl (C=S) groups is 1. The van der Waals surface area contributed by atoms with E-state index in [1.165, 1.54) is 18.6 Å². The van der Waals surface area contributed by atoms with Crippen molar-refractivity contribution >= 4 is 46.3 Å². The van der Waals surface area contributed by atoms with E-state index in [0.717, 1.165) is 24.2 Å². The zero-order valence-electron chi connectivity index (χ0n) is 10.5. The average Bonchev–Trinajstić information content (AvgIpc) is 2.33. The Morgan fingerprint density at radius 2 is 2.17 bits per heavy atom. The van der Waals surface area contributed by atoms with Gasteiger partial charge in [0, 0.05) is 12.2 Å². The molecule has 0 fully saturated rings. The number of nitrogens with one attached hydrogen (secondary N) is 1. The van der Waals surface area contributed by atoms with E-state index in [9.17, 15) is 0 Å². The molecule has 0 aliphatic rings. The van der Waals surface area contributed by atoms with Gasteiger partial charge in [-0.1, -0.05) is 36.3 Å². The second kappa shape index (κ2) is 8.62. The molecule has 0 heterocycles. The molecule has 5 heteroatoms. The smallest absolute Gasteiger partial charge is 0.107 e. The summed E-state index contributed by atoms with van der Waals surface area (Å²) in [5.41, 5.74) is 7.37. The zero-order valence-corrected chi connectivity index (χ0v) is 12.9. The third-order valence-corrected chi connectivity index (χ3v) is 3.82. The fourth-order valence-electron chi connectivity index (χ4n) is 1.69. The Morgan fingerprint density at radius 3 is 2.83 bits per heavy atom. The van der Waals surface area contributed by atoms with Crippen molar-refractivity contribution in [2.75, 3.05) is 23.9 Å². The summed E-state index contributed by atoms with van der Waals surface area (Å²) in [7, 11) is 0. The minimum absolute atomic E-state index is 0.338. The van der Waals surface area contributed by atoms with Gasteiger partial charge in [0.05, 0.1) is 10.6 Å². The van der Waals surface area contributed by atoms with Crippen LogP contribution in [-0.2, 0) is 0 Å². The summed E-state index contributed by atoms with van der Waals surface area (Å²) < 4.78 is 0. The molecule has 0 unspecified atom stereocenters. The first-order valence-corrected chi connectivity index (χ1v) is 8.16. The fraction of sp³-hybridized carbons (Fsp3) is 0.462. The van der Waals surface area contributed by atoms with Gasteiger partial charge in [-0.3, -0.25) is 0 Å². The van der Waals surface area contributed by atoms with Crippen LogP contribution in [-0.4, -0.2) is 23.5 Å². The molecule has 0 amide bonds. The molecular weight excluding hydrogens is 284 g/mol. The van der Waals surface area contributed by atoms with Gasteiger partial charge in [-0.05, 0) is 37.0 Å². The highest BCUT2D eigenvalue weighted by atomic mass is 35.5. The second-order valence-electron chi connectivity index (χ2n) is 4.01. The lowest BCUT2D eigenvalue weighted by molar-refractivity contribution is 0.750. The van der Waals surface area contributed by atoms with E-state index in [2.05, 4.69) is 11.6 Å². The summed E-state index contributed by atoms with van der Waals surface area (Å²) in [4.78, 5) is 0.338. The van der Waals surface area contributed by atoms with Gasteiger partial charge < -0.3 is 11.1 Å². The molecule has 3 N–H and O–H groups in total. The van der Waals surface area contributed by atoms with Crippen molar-refractivity contribution < 1.29 is 0 Å². The van der Waals surface area contributed by atoms with Crippen LogP contribution in [0.3, 0.4) is 0 Å². The van der Waals surface area contributed by atoms with Crippen LogP contribution in [0.4, 0.5) is 5.69 Å². The molecule has 1 rings (SSSR count). The van der Waals surface area contributed by atoms with Crippen LogP contribution in [0.1, 0.15) is 24.8 Å². The molecule has 0 spiro atoms. The van der Waals surface area contributed by atoms with Crippen LogP contribution < -0.4 is 11.1 Å². The maximum Gasteiger partial charge on any atom is 0.107 e. The van der Waals surface area contributed by atoms with E-state index >= 15 is 0 Å². The minimum atomic E-state index is 0.338. The summed E-state index contributed by atoms with van der Waals surface area (Å²) in [6.45, 7) is 0.921. The Morgan fingerprint density at radius 1 is 1.39 bits per heavy atom. The summed E-state index contributed by atoms with van der Waals surface area (Å²) in [6.07, 6.45) is 5.78. The lowest BCUT2D eigenvalue weighted by Crippen LogP contribution is -2.14. The highest BCUT2D eigenvalue weighted by molar-refractivity contribution is 7.98. The summed E-state index contributed by atoms with van der Waals surface area (Å²) in [6, 6.07) is 5.67. The molecule has 100 valence electrons. The number of unbranched alkanes of at least 4 members (excludes halogenated alkanes) is 2. The summed E-state index contributed by atoms with van der Waals surface area (Å²) in [5, 5.41) is 3.96. The van der Waals surface area contributed by atoms with Crippen molar-refractivity contribution in [3.63, 3.8) is 0 Å². The molecule has 2 nitrogen and oxygen atoms in total. The SMILES string of the molecule is CSCCCCCNc1cccc(Cl)c1C(N)=S. The first-order chi connectivity index (χ1) is 8.66. The summed E-state index contributed by atoms with van der Waals surface area (Å²) in [5.74, 6) is 1.23. The van der Waals surface area contributed by atoms with Gasteiger partial charge in [0.25, 0.3) is 0 Å².